The molecule has 0 unspecified atom stereocenters. The molecule has 0 aromatic heterocycles. The highest BCUT2D eigenvalue weighted by Crippen LogP contribution is 2.42. The molecule has 2 atom stereocenters. The minimum absolute atomic E-state index is 0.00104. The molecule has 1 saturated carbocycles. The summed E-state index contributed by atoms with van der Waals surface area (Å²) in [6.07, 6.45) is 1.72. The molecule has 2 aliphatic heterocycles. The van der Waals surface area contributed by atoms with Gasteiger partial charge in [0, 0.05) is 16.9 Å². The Morgan fingerprint density at radius 2 is 2.08 bits per heavy atom. The zero-order valence-corrected chi connectivity index (χ0v) is 14.7. The van der Waals surface area contributed by atoms with Crippen LogP contribution in [0.1, 0.15) is 18.4 Å². The highest BCUT2D eigenvalue weighted by atomic mass is 32.2. The molecule has 1 aromatic carbocycles. The monoisotopic (exact) mass is 368 g/mol. The Hall–Kier alpha value is -1.41. The molecule has 1 amide bonds. The van der Waals surface area contributed by atoms with Crippen molar-refractivity contribution < 1.29 is 17.6 Å². The van der Waals surface area contributed by atoms with Gasteiger partial charge in [-0.15, -0.1) is 0 Å². The summed E-state index contributed by atoms with van der Waals surface area (Å²) in [6.45, 7) is 1.67. The summed E-state index contributed by atoms with van der Waals surface area (Å²) >= 11 is 1.32. The fourth-order valence-electron chi connectivity index (χ4n) is 3.11. The first kappa shape index (κ1) is 16.1. The smallest absolute Gasteiger partial charge is 0.251 e. The lowest BCUT2D eigenvalue weighted by atomic mass is 10.1. The largest absolute Gasteiger partial charge is 0.315 e. The van der Waals surface area contributed by atoms with E-state index in [1.807, 2.05) is 0 Å². The number of amides is 1. The summed E-state index contributed by atoms with van der Waals surface area (Å²) in [5, 5.41) is 0.338. The molecule has 3 aliphatic rings. The number of hydrogen-bond donors (Lipinski definition) is 0. The van der Waals surface area contributed by atoms with Crippen molar-refractivity contribution in [2.24, 2.45) is 10.9 Å². The van der Waals surface area contributed by atoms with Gasteiger partial charge in [0.05, 0.1) is 17.5 Å². The molecule has 0 N–H and O–H groups in total. The number of rotatable bonds is 2. The van der Waals surface area contributed by atoms with Crippen LogP contribution in [0.25, 0.3) is 0 Å². The van der Waals surface area contributed by atoms with Crippen molar-refractivity contribution in [1.29, 1.82) is 0 Å². The number of carbonyl (C=O) groups excluding carboxylic acids is 1. The molecule has 4 rings (SSSR count). The van der Waals surface area contributed by atoms with Crippen molar-refractivity contribution in [3.05, 3.63) is 29.6 Å². The first-order valence-electron chi connectivity index (χ1n) is 7.89. The maximum absolute atomic E-state index is 14.0. The van der Waals surface area contributed by atoms with Gasteiger partial charge in [0.1, 0.15) is 5.82 Å². The van der Waals surface area contributed by atoms with Gasteiger partial charge in [0.25, 0.3) is 5.91 Å². The number of aliphatic imine (C=N–C) groups is 1. The van der Waals surface area contributed by atoms with Gasteiger partial charge in [-0.05, 0) is 37.5 Å². The maximum atomic E-state index is 14.0. The molecule has 0 spiro atoms. The summed E-state index contributed by atoms with van der Waals surface area (Å²) in [6, 6.07) is 4.50. The van der Waals surface area contributed by atoms with Crippen LogP contribution in [-0.4, -0.2) is 42.3 Å². The molecule has 3 fully saturated rings. The summed E-state index contributed by atoms with van der Waals surface area (Å²) in [5.74, 6) is -0.424. The highest BCUT2D eigenvalue weighted by Gasteiger charge is 2.49. The topological polar surface area (TPSA) is 66.8 Å². The van der Waals surface area contributed by atoms with E-state index in [0.29, 0.717) is 16.4 Å². The molecule has 8 heteroatoms. The molecule has 0 radical (unpaired) electrons. The predicted molar refractivity (Wildman–Crippen MR) is 92.6 cm³/mol. The van der Waals surface area contributed by atoms with Crippen molar-refractivity contribution in [1.82, 2.24) is 0 Å². The van der Waals surface area contributed by atoms with Gasteiger partial charge in [-0.2, -0.15) is 4.99 Å². The number of nitrogens with zero attached hydrogens (tertiary/aromatic N) is 2. The van der Waals surface area contributed by atoms with Gasteiger partial charge in [0.2, 0.25) is 0 Å². The van der Waals surface area contributed by atoms with Gasteiger partial charge in [0.15, 0.2) is 15.0 Å². The second-order valence-corrected chi connectivity index (χ2v) is 9.97. The van der Waals surface area contributed by atoms with Crippen molar-refractivity contribution in [3.63, 3.8) is 0 Å². The predicted octanol–water partition coefficient (Wildman–Crippen LogP) is 2.15. The van der Waals surface area contributed by atoms with E-state index in [2.05, 4.69) is 4.99 Å². The van der Waals surface area contributed by atoms with E-state index in [0.717, 1.165) is 12.8 Å². The van der Waals surface area contributed by atoms with Crippen LogP contribution in [-0.2, 0) is 14.6 Å². The molecule has 1 aromatic rings. The van der Waals surface area contributed by atoms with E-state index in [4.69, 9.17) is 0 Å². The molecule has 2 heterocycles. The van der Waals surface area contributed by atoms with Gasteiger partial charge < -0.3 is 4.90 Å². The van der Waals surface area contributed by atoms with Crippen LogP contribution < -0.4 is 4.90 Å². The van der Waals surface area contributed by atoms with E-state index in [-0.39, 0.29) is 40.4 Å². The van der Waals surface area contributed by atoms with E-state index >= 15 is 0 Å². The maximum Gasteiger partial charge on any atom is 0.251 e. The highest BCUT2D eigenvalue weighted by molar-refractivity contribution is 8.16. The molecule has 1 aliphatic carbocycles. The van der Waals surface area contributed by atoms with Gasteiger partial charge >= 0.3 is 0 Å². The van der Waals surface area contributed by atoms with E-state index < -0.39 is 9.84 Å². The molecule has 24 heavy (non-hydrogen) atoms. The molecule has 0 bridgehead atoms. The lowest BCUT2D eigenvalue weighted by Gasteiger charge is -2.24. The van der Waals surface area contributed by atoms with E-state index in [1.165, 1.54) is 17.8 Å². The van der Waals surface area contributed by atoms with Crippen LogP contribution in [0, 0.1) is 18.7 Å². The van der Waals surface area contributed by atoms with Crippen LogP contribution in [0.5, 0.6) is 0 Å². The lowest BCUT2D eigenvalue weighted by Crippen LogP contribution is -2.37. The summed E-state index contributed by atoms with van der Waals surface area (Å²) in [7, 11) is -3.12. The first-order chi connectivity index (χ1) is 11.3. The molecule has 2 saturated heterocycles. The number of carbonyl (C=O) groups is 1. The fourth-order valence-corrected chi connectivity index (χ4v) is 7.03. The minimum Gasteiger partial charge on any atom is -0.315 e. The Labute approximate surface area is 144 Å². The molecule has 5 nitrogen and oxygen atoms in total. The lowest BCUT2D eigenvalue weighted by molar-refractivity contribution is -0.118. The Balaban J connectivity index is 1.74. The molecular weight excluding hydrogens is 351 g/mol. The quantitative estimate of drug-likeness (QED) is 0.800. The first-order valence-corrected chi connectivity index (χ1v) is 10.6. The number of aryl methyl sites for hydroxylation is 1. The van der Waals surface area contributed by atoms with Crippen molar-refractivity contribution in [2.45, 2.75) is 31.1 Å². The normalized spacial score (nSPS) is 29.9. The Morgan fingerprint density at radius 1 is 1.33 bits per heavy atom. The number of thioether (sulfide) groups is 1. The van der Waals surface area contributed by atoms with Crippen LogP contribution in [0.2, 0.25) is 0 Å². The van der Waals surface area contributed by atoms with Crippen LogP contribution in [0.4, 0.5) is 10.1 Å². The van der Waals surface area contributed by atoms with Gasteiger partial charge in [-0.3, -0.25) is 4.79 Å². The second kappa shape index (κ2) is 5.56. The number of anilines is 1. The van der Waals surface area contributed by atoms with Gasteiger partial charge in [-0.1, -0.05) is 17.8 Å². The van der Waals surface area contributed by atoms with Crippen LogP contribution in [0.3, 0.4) is 0 Å². The number of halogens is 1. The average Bonchev–Trinajstić information content (AvgIpc) is 3.23. The van der Waals surface area contributed by atoms with Crippen LogP contribution >= 0.6 is 11.8 Å². The minimum atomic E-state index is -3.12. The number of hydrogen-bond acceptors (Lipinski definition) is 4. The van der Waals surface area contributed by atoms with Gasteiger partial charge in [-0.25, -0.2) is 12.8 Å². The third-order valence-corrected chi connectivity index (χ3v) is 7.84. The van der Waals surface area contributed by atoms with Crippen LogP contribution in [0.15, 0.2) is 23.2 Å². The SMILES string of the molecule is Cc1ccc(N2C(=NC(=O)C3CC3)S[C@@H]3CS(=O)(=O)C[C@@H]32)cc1F. The number of sulfone groups is 1. The zero-order valence-electron chi connectivity index (χ0n) is 13.1. The molecule has 128 valence electrons. The number of amidine groups is 1. The Morgan fingerprint density at radius 3 is 2.75 bits per heavy atom. The summed E-state index contributed by atoms with van der Waals surface area (Å²) < 4.78 is 37.9. The van der Waals surface area contributed by atoms with E-state index in [9.17, 15) is 17.6 Å². The average molecular weight is 368 g/mol. The fraction of sp³-hybridized carbons (Fsp3) is 0.500. The van der Waals surface area contributed by atoms with E-state index in [1.54, 1.807) is 24.0 Å². The van der Waals surface area contributed by atoms with Crippen molar-refractivity contribution in [2.75, 3.05) is 16.4 Å². The zero-order chi connectivity index (χ0) is 17.1. The Kier molecular flexibility index (Phi) is 3.72. The molecular formula is C16H17FN2O3S2. The third kappa shape index (κ3) is 2.86. The Bertz CT molecular complexity index is 849. The number of benzene rings is 1. The second-order valence-electron chi connectivity index (χ2n) is 6.61. The summed E-state index contributed by atoms with van der Waals surface area (Å²) in [4.78, 5) is 18.1. The third-order valence-electron chi connectivity index (χ3n) is 4.63. The van der Waals surface area contributed by atoms with Crippen molar-refractivity contribution >= 4 is 38.4 Å². The number of fused-ring (bicyclic) bond motifs is 1. The summed E-state index contributed by atoms with van der Waals surface area (Å²) in [5.41, 5.74) is 1.08. The standard InChI is InChI=1S/C16H17FN2O3S2/c1-9-2-5-11(6-12(9)17)19-13-7-24(21,22)8-14(13)23-16(19)18-15(20)10-3-4-10/h2,5-6,10,13-14H,3-4,7-8H2,1H3/t13-,14+/m0/s1. The van der Waals surface area contributed by atoms with Crippen molar-refractivity contribution in [3.8, 4) is 0 Å².